The average molecular weight is 269 g/mol. The van der Waals surface area contributed by atoms with Crippen molar-refractivity contribution >= 4 is 0 Å². The fraction of sp³-hybridized carbons (Fsp3) is 1.00. The molecule has 0 bridgehead atoms. The number of piperazine rings is 1. The van der Waals surface area contributed by atoms with Crippen LogP contribution in [0, 0.1) is 5.41 Å². The van der Waals surface area contributed by atoms with Crippen molar-refractivity contribution in [1.82, 2.24) is 15.1 Å². The van der Waals surface area contributed by atoms with Crippen LogP contribution < -0.4 is 5.32 Å². The molecule has 0 saturated carbocycles. The first-order valence-electron chi connectivity index (χ1n) is 8.18. The number of rotatable bonds is 8. The molecule has 19 heavy (non-hydrogen) atoms. The second-order valence-corrected chi connectivity index (χ2v) is 6.75. The van der Waals surface area contributed by atoms with E-state index in [1.54, 1.807) is 0 Å². The lowest BCUT2D eigenvalue weighted by Crippen LogP contribution is -2.52. The molecule has 1 N–H and O–H groups in total. The molecule has 0 aromatic carbocycles. The van der Waals surface area contributed by atoms with Crippen molar-refractivity contribution in [3.05, 3.63) is 0 Å². The summed E-state index contributed by atoms with van der Waals surface area (Å²) >= 11 is 0. The van der Waals surface area contributed by atoms with Crippen LogP contribution in [0.15, 0.2) is 0 Å². The third-order valence-corrected chi connectivity index (χ3v) is 4.57. The van der Waals surface area contributed by atoms with Crippen molar-refractivity contribution in [1.29, 1.82) is 0 Å². The zero-order chi connectivity index (χ0) is 14.3. The third kappa shape index (κ3) is 5.80. The van der Waals surface area contributed by atoms with E-state index in [1.807, 2.05) is 0 Å². The van der Waals surface area contributed by atoms with Crippen molar-refractivity contribution in [2.45, 2.75) is 53.5 Å². The van der Waals surface area contributed by atoms with Crippen LogP contribution in [0.4, 0.5) is 0 Å². The maximum absolute atomic E-state index is 3.61. The molecular weight excluding hydrogens is 234 g/mol. The Morgan fingerprint density at radius 3 is 2.21 bits per heavy atom. The Kier molecular flexibility index (Phi) is 7.33. The van der Waals surface area contributed by atoms with Gasteiger partial charge in [-0.25, -0.2) is 0 Å². The maximum Gasteiger partial charge on any atom is 0.0113 e. The van der Waals surface area contributed by atoms with Crippen molar-refractivity contribution in [3.63, 3.8) is 0 Å². The van der Waals surface area contributed by atoms with Gasteiger partial charge in [0.2, 0.25) is 0 Å². The van der Waals surface area contributed by atoms with Crippen molar-refractivity contribution in [2.75, 3.05) is 45.8 Å². The number of nitrogens with one attached hydrogen (secondary N) is 1. The lowest BCUT2D eigenvalue weighted by Gasteiger charge is -2.41. The molecule has 0 radical (unpaired) electrons. The Morgan fingerprint density at radius 2 is 1.74 bits per heavy atom. The van der Waals surface area contributed by atoms with E-state index in [-0.39, 0.29) is 0 Å². The van der Waals surface area contributed by atoms with Crippen LogP contribution in [0.1, 0.15) is 47.5 Å². The van der Waals surface area contributed by atoms with Crippen molar-refractivity contribution in [2.24, 2.45) is 5.41 Å². The summed E-state index contributed by atoms with van der Waals surface area (Å²) in [6, 6.07) is 0.700. The van der Waals surface area contributed by atoms with Gasteiger partial charge in [0.15, 0.2) is 0 Å². The fourth-order valence-electron chi connectivity index (χ4n) is 2.84. The van der Waals surface area contributed by atoms with Gasteiger partial charge in [0, 0.05) is 45.3 Å². The molecule has 1 atom stereocenters. The summed E-state index contributed by atoms with van der Waals surface area (Å²) < 4.78 is 0. The topological polar surface area (TPSA) is 18.5 Å². The molecule has 0 amide bonds. The van der Waals surface area contributed by atoms with Crippen LogP contribution in [-0.4, -0.2) is 61.7 Å². The third-order valence-electron chi connectivity index (χ3n) is 4.57. The van der Waals surface area contributed by atoms with E-state index < -0.39 is 0 Å². The minimum atomic E-state index is 0.426. The number of hydrogen-bond donors (Lipinski definition) is 1. The molecule has 0 spiro atoms. The summed E-state index contributed by atoms with van der Waals surface area (Å²) in [5, 5.41) is 3.61. The van der Waals surface area contributed by atoms with Crippen molar-refractivity contribution in [3.8, 4) is 0 Å². The Bertz CT molecular complexity index is 234. The van der Waals surface area contributed by atoms with Gasteiger partial charge in [-0.05, 0) is 38.6 Å². The average Bonchev–Trinajstić information content (AvgIpc) is 2.39. The van der Waals surface area contributed by atoms with Gasteiger partial charge in [0.25, 0.3) is 0 Å². The van der Waals surface area contributed by atoms with Gasteiger partial charge in [-0.2, -0.15) is 0 Å². The first kappa shape index (κ1) is 16.9. The Hall–Kier alpha value is -0.120. The quantitative estimate of drug-likeness (QED) is 0.683. The molecule has 3 nitrogen and oxygen atoms in total. The largest absolute Gasteiger partial charge is 0.316 e. The molecule has 3 heteroatoms. The maximum atomic E-state index is 3.61. The molecule has 1 aliphatic heterocycles. The number of nitrogens with zero attached hydrogens (tertiary/aromatic N) is 2. The van der Waals surface area contributed by atoms with Crippen LogP contribution in [0.3, 0.4) is 0 Å². The van der Waals surface area contributed by atoms with Gasteiger partial charge in [-0.15, -0.1) is 0 Å². The monoisotopic (exact) mass is 269 g/mol. The van der Waals surface area contributed by atoms with E-state index in [1.165, 1.54) is 45.6 Å². The fourth-order valence-corrected chi connectivity index (χ4v) is 2.84. The highest BCUT2D eigenvalue weighted by atomic mass is 15.3. The summed E-state index contributed by atoms with van der Waals surface area (Å²) in [5.41, 5.74) is 0.426. The van der Waals surface area contributed by atoms with Crippen LogP contribution >= 0.6 is 0 Å². The molecule has 1 heterocycles. The van der Waals surface area contributed by atoms with E-state index in [0.29, 0.717) is 11.5 Å². The van der Waals surface area contributed by atoms with Gasteiger partial charge in [-0.3, -0.25) is 4.90 Å². The van der Waals surface area contributed by atoms with Crippen molar-refractivity contribution < 1.29 is 0 Å². The predicted molar refractivity (Wildman–Crippen MR) is 84.7 cm³/mol. The smallest absolute Gasteiger partial charge is 0.0113 e. The predicted octanol–water partition coefficient (Wildman–Crippen LogP) is 2.43. The lowest BCUT2D eigenvalue weighted by atomic mass is 9.86. The standard InChI is InChI=1S/C16H35N3/c1-6-8-17-13-16(5,7-2)14-18-9-11-19(12-10-18)15(3)4/h15,17H,6-14H2,1-5H3. The van der Waals surface area contributed by atoms with Gasteiger partial charge >= 0.3 is 0 Å². The van der Waals surface area contributed by atoms with Gasteiger partial charge in [-0.1, -0.05) is 20.8 Å². The Labute approximate surface area is 120 Å². The van der Waals surface area contributed by atoms with E-state index >= 15 is 0 Å². The highest BCUT2D eigenvalue weighted by Crippen LogP contribution is 2.22. The van der Waals surface area contributed by atoms with Crippen LogP contribution in [0.5, 0.6) is 0 Å². The van der Waals surface area contributed by atoms with Crippen LogP contribution in [-0.2, 0) is 0 Å². The molecule has 0 aromatic heterocycles. The summed E-state index contributed by atoms with van der Waals surface area (Å²) in [6.07, 6.45) is 2.49. The summed E-state index contributed by atoms with van der Waals surface area (Å²) in [7, 11) is 0. The highest BCUT2D eigenvalue weighted by molar-refractivity contribution is 4.83. The van der Waals surface area contributed by atoms with E-state index in [0.717, 1.165) is 13.1 Å². The van der Waals surface area contributed by atoms with E-state index in [2.05, 4.69) is 49.7 Å². The molecule has 1 unspecified atom stereocenters. The molecule has 1 saturated heterocycles. The summed E-state index contributed by atoms with van der Waals surface area (Å²) in [6.45, 7) is 20.1. The number of hydrogen-bond acceptors (Lipinski definition) is 3. The SMILES string of the molecule is CCCNCC(C)(CC)CN1CCN(C(C)C)CC1. The van der Waals surface area contributed by atoms with Gasteiger partial charge in [0.1, 0.15) is 0 Å². The second kappa shape index (κ2) is 8.23. The minimum Gasteiger partial charge on any atom is -0.316 e. The zero-order valence-electron chi connectivity index (χ0n) is 13.8. The zero-order valence-corrected chi connectivity index (χ0v) is 13.8. The Balaban J connectivity index is 2.35. The van der Waals surface area contributed by atoms with Gasteiger partial charge < -0.3 is 10.2 Å². The molecular formula is C16H35N3. The first-order chi connectivity index (χ1) is 9.00. The van der Waals surface area contributed by atoms with E-state index in [4.69, 9.17) is 0 Å². The second-order valence-electron chi connectivity index (χ2n) is 6.75. The van der Waals surface area contributed by atoms with E-state index in [9.17, 15) is 0 Å². The molecule has 1 rings (SSSR count). The summed E-state index contributed by atoms with van der Waals surface area (Å²) in [5.74, 6) is 0. The minimum absolute atomic E-state index is 0.426. The highest BCUT2D eigenvalue weighted by Gasteiger charge is 2.27. The first-order valence-corrected chi connectivity index (χ1v) is 8.18. The molecule has 1 fully saturated rings. The molecule has 0 aromatic rings. The van der Waals surface area contributed by atoms with Crippen LogP contribution in [0.25, 0.3) is 0 Å². The van der Waals surface area contributed by atoms with Gasteiger partial charge in [0.05, 0.1) is 0 Å². The molecule has 0 aliphatic carbocycles. The normalized spacial score (nSPS) is 21.8. The van der Waals surface area contributed by atoms with Crippen LogP contribution in [0.2, 0.25) is 0 Å². The molecule has 114 valence electrons. The molecule has 1 aliphatic rings. The summed E-state index contributed by atoms with van der Waals surface area (Å²) in [4.78, 5) is 5.26. The lowest BCUT2D eigenvalue weighted by molar-refractivity contribution is 0.0737. The Morgan fingerprint density at radius 1 is 1.11 bits per heavy atom.